The molecule has 2 amide bonds. The summed E-state index contributed by atoms with van der Waals surface area (Å²) in [5.41, 5.74) is 0. The van der Waals surface area contributed by atoms with Crippen molar-refractivity contribution in [2.75, 3.05) is 30.3 Å². The molecule has 2 fully saturated rings. The molecule has 2 aliphatic rings. The smallest absolute Gasteiger partial charge is 0.317 e. The van der Waals surface area contributed by atoms with Gasteiger partial charge in [-0.3, -0.25) is 4.79 Å². The molecule has 2 N–H and O–H groups in total. The Morgan fingerprint density at radius 1 is 1.38 bits per heavy atom. The van der Waals surface area contributed by atoms with Gasteiger partial charge in [-0.2, -0.15) is 11.8 Å². The Hall–Kier alpha value is -0.960. The van der Waals surface area contributed by atoms with Gasteiger partial charge in [-0.15, -0.1) is 0 Å². The molecule has 0 radical (unpaired) electrons. The van der Waals surface area contributed by atoms with Gasteiger partial charge in [0, 0.05) is 24.6 Å². The Bertz CT molecular complexity index is 508. The minimum atomic E-state index is -3.08. The Morgan fingerprint density at radius 2 is 2.14 bits per heavy atom. The van der Waals surface area contributed by atoms with Crippen molar-refractivity contribution >= 4 is 33.6 Å². The maximum absolute atomic E-state index is 12.2. The summed E-state index contributed by atoms with van der Waals surface area (Å²) in [6.07, 6.45) is 1.14. The molecule has 0 aromatic heterocycles. The van der Waals surface area contributed by atoms with Crippen molar-refractivity contribution < 1.29 is 23.1 Å². The molecule has 21 heavy (non-hydrogen) atoms. The first-order valence-corrected chi connectivity index (χ1v) is 9.83. The van der Waals surface area contributed by atoms with Crippen LogP contribution in [-0.2, 0) is 14.6 Å². The number of carbonyl (C=O) groups is 2. The highest BCUT2D eigenvalue weighted by Gasteiger charge is 2.33. The van der Waals surface area contributed by atoms with Gasteiger partial charge in [-0.25, -0.2) is 13.2 Å². The van der Waals surface area contributed by atoms with E-state index >= 15 is 0 Å². The maximum Gasteiger partial charge on any atom is 0.317 e. The highest BCUT2D eigenvalue weighted by molar-refractivity contribution is 7.99. The SMILES string of the molecule is O=C(O)CC1CSCCN1C(=O)NCC1CCCS1(=O)=O. The normalized spacial score (nSPS) is 28.3. The van der Waals surface area contributed by atoms with E-state index in [9.17, 15) is 18.0 Å². The number of nitrogens with zero attached hydrogens (tertiary/aromatic N) is 1. The molecule has 0 bridgehead atoms. The van der Waals surface area contributed by atoms with E-state index in [-0.39, 0.29) is 30.8 Å². The number of hydrogen-bond acceptors (Lipinski definition) is 5. The van der Waals surface area contributed by atoms with Crippen LogP contribution in [0.2, 0.25) is 0 Å². The zero-order chi connectivity index (χ0) is 15.5. The second-order valence-electron chi connectivity index (χ2n) is 5.34. The Kier molecular flexibility index (Phi) is 5.37. The van der Waals surface area contributed by atoms with Gasteiger partial charge in [0.1, 0.15) is 0 Å². The van der Waals surface area contributed by atoms with Gasteiger partial charge in [0.2, 0.25) is 0 Å². The van der Waals surface area contributed by atoms with Crippen LogP contribution in [0.5, 0.6) is 0 Å². The third-order valence-electron chi connectivity index (χ3n) is 3.84. The van der Waals surface area contributed by atoms with E-state index in [0.29, 0.717) is 25.1 Å². The van der Waals surface area contributed by atoms with Crippen molar-refractivity contribution in [1.29, 1.82) is 0 Å². The molecule has 2 heterocycles. The molecule has 0 aromatic rings. The quantitative estimate of drug-likeness (QED) is 0.758. The largest absolute Gasteiger partial charge is 0.481 e. The molecule has 0 aromatic carbocycles. The van der Waals surface area contributed by atoms with Crippen molar-refractivity contribution in [3.63, 3.8) is 0 Å². The van der Waals surface area contributed by atoms with Gasteiger partial charge >= 0.3 is 12.0 Å². The third kappa shape index (κ3) is 4.26. The van der Waals surface area contributed by atoms with E-state index in [1.165, 1.54) is 4.90 Å². The zero-order valence-electron chi connectivity index (χ0n) is 11.7. The highest BCUT2D eigenvalue weighted by atomic mass is 32.2. The average Bonchev–Trinajstić information content (AvgIpc) is 2.75. The van der Waals surface area contributed by atoms with Crippen molar-refractivity contribution in [2.45, 2.75) is 30.6 Å². The molecule has 2 unspecified atom stereocenters. The first-order valence-electron chi connectivity index (χ1n) is 6.96. The third-order valence-corrected chi connectivity index (χ3v) is 7.21. The molecular weight excluding hydrogens is 316 g/mol. The van der Waals surface area contributed by atoms with Crippen molar-refractivity contribution in [2.24, 2.45) is 0 Å². The number of carbonyl (C=O) groups excluding carboxylic acids is 1. The Morgan fingerprint density at radius 3 is 2.76 bits per heavy atom. The average molecular weight is 336 g/mol. The molecule has 7 nitrogen and oxygen atoms in total. The maximum atomic E-state index is 12.2. The minimum Gasteiger partial charge on any atom is -0.481 e. The van der Waals surface area contributed by atoms with Crippen molar-refractivity contribution in [1.82, 2.24) is 10.2 Å². The number of thioether (sulfide) groups is 1. The Labute approximate surface area is 128 Å². The van der Waals surface area contributed by atoms with Gasteiger partial charge < -0.3 is 15.3 Å². The lowest BCUT2D eigenvalue weighted by Crippen LogP contribution is -2.52. The standard InChI is InChI=1S/C12H20N2O5S2/c15-11(16)6-9-8-20-4-3-14(9)12(17)13-7-10-2-1-5-21(10,18)19/h9-10H,1-8H2,(H,13,17)(H,15,16). The molecule has 2 saturated heterocycles. The number of amides is 2. The summed E-state index contributed by atoms with van der Waals surface area (Å²) in [6.45, 7) is 0.608. The summed E-state index contributed by atoms with van der Waals surface area (Å²) in [5, 5.41) is 11.0. The number of rotatable bonds is 4. The van der Waals surface area contributed by atoms with Gasteiger partial charge in [0.15, 0.2) is 9.84 Å². The number of urea groups is 1. The second kappa shape index (κ2) is 6.87. The minimum absolute atomic E-state index is 0.0812. The fourth-order valence-corrected chi connectivity index (χ4v) is 5.51. The van der Waals surface area contributed by atoms with Gasteiger partial charge in [-0.1, -0.05) is 0 Å². The van der Waals surface area contributed by atoms with E-state index < -0.39 is 21.1 Å². The molecule has 2 atom stereocenters. The zero-order valence-corrected chi connectivity index (χ0v) is 13.3. The van der Waals surface area contributed by atoms with Crippen molar-refractivity contribution in [3.8, 4) is 0 Å². The van der Waals surface area contributed by atoms with Crippen LogP contribution in [0, 0.1) is 0 Å². The second-order valence-corrected chi connectivity index (χ2v) is 8.89. The topological polar surface area (TPSA) is 104 Å². The molecule has 9 heteroatoms. The summed E-state index contributed by atoms with van der Waals surface area (Å²) in [7, 11) is -3.08. The van der Waals surface area contributed by atoms with Crippen LogP contribution in [0.3, 0.4) is 0 Å². The lowest BCUT2D eigenvalue weighted by molar-refractivity contribution is -0.138. The van der Waals surface area contributed by atoms with E-state index in [1.807, 2.05) is 0 Å². The number of carboxylic acid groups (broad SMARTS) is 1. The van der Waals surface area contributed by atoms with Crippen LogP contribution < -0.4 is 5.32 Å². The first kappa shape index (κ1) is 16.4. The number of sulfone groups is 1. The predicted octanol–water partition coefficient (Wildman–Crippen LogP) is 0.165. The van der Waals surface area contributed by atoms with E-state index in [1.54, 1.807) is 11.8 Å². The Balaban J connectivity index is 1.90. The monoisotopic (exact) mass is 336 g/mol. The van der Waals surface area contributed by atoms with Gasteiger partial charge in [0.05, 0.1) is 23.5 Å². The fourth-order valence-electron chi connectivity index (χ4n) is 2.68. The van der Waals surface area contributed by atoms with E-state index in [4.69, 9.17) is 5.11 Å². The van der Waals surface area contributed by atoms with Crippen LogP contribution >= 0.6 is 11.8 Å². The van der Waals surface area contributed by atoms with Gasteiger partial charge in [-0.05, 0) is 12.8 Å². The summed E-state index contributed by atoms with van der Waals surface area (Å²) in [5.74, 6) is 0.626. The summed E-state index contributed by atoms with van der Waals surface area (Å²) in [6, 6.07) is -0.690. The summed E-state index contributed by atoms with van der Waals surface area (Å²) < 4.78 is 23.4. The lowest BCUT2D eigenvalue weighted by atomic mass is 10.2. The molecular formula is C12H20N2O5S2. The molecule has 120 valence electrons. The number of hydrogen-bond donors (Lipinski definition) is 2. The van der Waals surface area contributed by atoms with Crippen molar-refractivity contribution in [3.05, 3.63) is 0 Å². The van der Waals surface area contributed by atoms with E-state index in [2.05, 4.69) is 5.32 Å². The lowest BCUT2D eigenvalue weighted by Gasteiger charge is -2.34. The first-order chi connectivity index (χ1) is 9.90. The predicted molar refractivity (Wildman–Crippen MR) is 80.3 cm³/mol. The molecule has 0 spiro atoms. The molecule has 2 aliphatic heterocycles. The van der Waals surface area contributed by atoms with Crippen LogP contribution in [0.1, 0.15) is 19.3 Å². The molecule has 0 saturated carbocycles. The van der Waals surface area contributed by atoms with Crippen LogP contribution in [0.25, 0.3) is 0 Å². The van der Waals surface area contributed by atoms with Crippen LogP contribution in [0.15, 0.2) is 0 Å². The van der Waals surface area contributed by atoms with Gasteiger partial charge in [0.25, 0.3) is 0 Å². The molecule has 0 aliphatic carbocycles. The summed E-state index contributed by atoms with van der Waals surface area (Å²) >= 11 is 1.63. The molecule has 2 rings (SSSR count). The fraction of sp³-hybridized carbons (Fsp3) is 0.833. The number of nitrogens with one attached hydrogen (secondary N) is 1. The summed E-state index contributed by atoms with van der Waals surface area (Å²) in [4.78, 5) is 24.5. The van der Waals surface area contributed by atoms with E-state index in [0.717, 1.165) is 5.75 Å². The van der Waals surface area contributed by atoms with Crippen LogP contribution in [-0.4, -0.2) is 72.1 Å². The van der Waals surface area contributed by atoms with Crippen LogP contribution in [0.4, 0.5) is 4.79 Å². The number of aliphatic carboxylic acids is 1. The highest BCUT2D eigenvalue weighted by Crippen LogP contribution is 2.21. The number of carboxylic acids is 1.